The molecule has 1 atom stereocenters. The van der Waals surface area contributed by atoms with Crippen molar-refractivity contribution in [2.24, 2.45) is 0 Å². The second-order valence-electron chi connectivity index (χ2n) is 5.19. The smallest absolute Gasteiger partial charge is 0.263 e. The maximum atomic E-state index is 12.2. The monoisotopic (exact) mass is 316 g/mol. The molecule has 0 aliphatic carbocycles. The molecule has 1 unspecified atom stereocenters. The zero-order chi connectivity index (χ0) is 15.3. The van der Waals surface area contributed by atoms with Gasteiger partial charge in [-0.05, 0) is 18.6 Å². The van der Waals surface area contributed by atoms with E-state index in [1.807, 2.05) is 12.1 Å². The predicted octanol–water partition coefficient (Wildman–Crippen LogP) is 1.87. The number of rotatable bonds is 2. The Kier molecular flexibility index (Phi) is 2.70. The van der Waals surface area contributed by atoms with Crippen LogP contribution in [-0.4, -0.2) is 29.3 Å². The van der Waals surface area contributed by atoms with E-state index in [1.54, 1.807) is 19.1 Å². The van der Waals surface area contributed by atoms with Crippen LogP contribution in [0, 0.1) is 6.92 Å². The number of nitrogens with zero attached hydrogens (tertiary/aromatic N) is 3. The van der Waals surface area contributed by atoms with Crippen LogP contribution in [0.3, 0.4) is 0 Å². The Bertz CT molecular complexity index is 981. The molecule has 0 radical (unpaired) electrons. The van der Waals surface area contributed by atoms with E-state index in [0.29, 0.717) is 27.5 Å². The Balaban J connectivity index is 1.80. The number of aryl methyl sites for hydroxylation is 1. The number of anilines is 1. The third-order valence-corrected chi connectivity index (χ3v) is 5.58. The van der Waals surface area contributed by atoms with Gasteiger partial charge in [0.2, 0.25) is 0 Å². The van der Waals surface area contributed by atoms with Gasteiger partial charge in [0.1, 0.15) is 17.5 Å². The molecule has 2 aromatic heterocycles. The van der Waals surface area contributed by atoms with Crippen molar-refractivity contribution in [1.82, 2.24) is 15.1 Å². The van der Waals surface area contributed by atoms with E-state index in [0.717, 1.165) is 5.56 Å². The molecular weight excluding hydrogens is 304 g/mol. The molecule has 1 aliphatic rings. The van der Waals surface area contributed by atoms with Crippen molar-refractivity contribution in [3.8, 4) is 0 Å². The summed E-state index contributed by atoms with van der Waals surface area (Å²) in [5.74, 6) is 0.531. The molecule has 1 aliphatic heterocycles. The van der Waals surface area contributed by atoms with Gasteiger partial charge in [-0.1, -0.05) is 23.4 Å². The maximum Gasteiger partial charge on any atom is 0.263 e. The topological polar surface area (TPSA) is 98.0 Å². The third kappa shape index (κ3) is 1.87. The number of aromatic nitrogens is 3. The van der Waals surface area contributed by atoms with Gasteiger partial charge in [0, 0.05) is 0 Å². The highest BCUT2D eigenvalue weighted by Crippen LogP contribution is 2.36. The summed E-state index contributed by atoms with van der Waals surface area (Å²) >= 11 is 0. The molecule has 8 heteroatoms. The van der Waals surface area contributed by atoms with E-state index in [4.69, 9.17) is 4.52 Å². The summed E-state index contributed by atoms with van der Waals surface area (Å²) in [6.07, 6.45) is 1.37. The predicted molar refractivity (Wildman–Crippen MR) is 79.2 cm³/mol. The summed E-state index contributed by atoms with van der Waals surface area (Å²) in [6, 6.07) is 6.65. The second kappa shape index (κ2) is 4.51. The molecule has 22 heavy (non-hydrogen) atoms. The van der Waals surface area contributed by atoms with Crippen molar-refractivity contribution in [2.45, 2.75) is 17.9 Å². The van der Waals surface area contributed by atoms with Crippen LogP contribution in [0.25, 0.3) is 11.1 Å². The summed E-state index contributed by atoms with van der Waals surface area (Å²) in [5.41, 5.74) is 1.79. The van der Waals surface area contributed by atoms with Gasteiger partial charge in [0.25, 0.3) is 5.71 Å². The fourth-order valence-corrected chi connectivity index (χ4v) is 4.50. The summed E-state index contributed by atoms with van der Waals surface area (Å²) in [4.78, 5) is 8.59. The van der Waals surface area contributed by atoms with Gasteiger partial charge < -0.3 is 9.84 Å². The van der Waals surface area contributed by atoms with Crippen LogP contribution in [0.5, 0.6) is 0 Å². The van der Waals surface area contributed by atoms with Crippen molar-refractivity contribution < 1.29 is 12.9 Å². The number of benzene rings is 1. The van der Waals surface area contributed by atoms with Gasteiger partial charge >= 0.3 is 0 Å². The van der Waals surface area contributed by atoms with Gasteiger partial charge in [0.05, 0.1) is 22.4 Å². The molecule has 3 heterocycles. The molecule has 3 aromatic rings. The Morgan fingerprint density at radius 2 is 2.09 bits per heavy atom. The van der Waals surface area contributed by atoms with Crippen LogP contribution >= 0.6 is 0 Å². The summed E-state index contributed by atoms with van der Waals surface area (Å²) in [7, 11) is -3.27. The van der Waals surface area contributed by atoms with E-state index in [1.165, 1.54) is 6.33 Å². The minimum absolute atomic E-state index is 0.00215. The van der Waals surface area contributed by atoms with E-state index in [9.17, 15) is 8.42 Å². The molecule has 4 rings (SSSR count). The molecule has 0 fully saturated rings. The highest BCUT2D eigenvalue weighted by Gasteiger charge is 2.34. The minimum atomic E-state index is -3.27. The Hall–Kier alpha value is -2.48. The van der Waals surface area contributed by atoms with Crippen molar-refractivity contribution in [3.05, 3.63) is 41.9 Å². The van der Waals surface area contributed by atoms with Crippen LogP contribution in [0.1, 0.15) is 17.3 Å². The fraction of sp³-hybridized carbons (Fsp3) is 0.214. The lowest BCUT2D eigenvalue weighted by Gasteiger charge is -2.13. The van der Waals surface area contributed by atoms with Gasteiger partial charge in [-0.15, -0.1) is 0 Å². The Labute approximate surface area is 126 Å². The van der Waals surface area contributed by atoms with Crippen LogP contribution < -0.4 is 5.32 Å². The molecular formula is C14H12N4O3S. The molecule has 1 N–H and O–H groups in total. The van der Waals surface area contributed by atoms with Crippen molar-refractivity contribution in [3.63, 3.8) is 0 Å². The zero-order valence-electron chi connectivity index (χ0n) is 11.6. The largest absolute Gasteiger partial charge is 0.361 e. The number of sulfone groups is 1. The van der Waals surface area contributed by atoms with Crippen LogP contribution in [0.4, 0.5) is 5.82 Å². The lowest BCUT2D eigenvalue weighted by molar-refractivity contribution is 0.442. The van der Waals surface area contributed by atoms with Crippen LogP contribution in [0.2, 0.25) is 0 Å². The van der Waals surface area contributed by atoms with Crippen LogP contribution in [-0.2, 0) is 9.84 Å². The number of nitrogens with one attached hydrogen (secondary N) is 1. The van der Waals surface area contributed by atoms with Crippen LogP contribution in [0.15, 0.2) is 40.0 Å². The number of hydrogen-bond donors (Lipinski definition) is 1. The molecule has 7 nitrogen and oxygen atoms in total. The average Bonchev–Trinajstić information content (AvgIpc) is 3.00. The Morgan fingerprint density at radius 1 is 1.27 bits per heavy atom. The van der Waals surface area contributed by atoms with Gasteiger partial charge in [-0.25, -0.2) is 13.4 Å². The molecule has 0 spiro atoms. The maximum absolute atomic E-state index is 12.2. The number of hydrogen-bond acceptors (Lipinski definition) is 7. The third-order valence-electron chi connectivity index (χ3n) is 3.77. The highest BCUT2D eigenvalue weighted by atomic mass is 32.2. The first-order chi connectivity index (χ1) is 10.6. The van der Waals surface area contributed by atoms with E-state index in [2.05, 4.69) is 20.4 Å². The first-order valence-electron chi connectivity index (χ1n) is 6.71. The molecule has 0 bridgehead atoms. The van der Waals surface area contributed by atoms with Gasteiger partial charge in [0.15, 0.2) is 9.84 Å². The van der Waals surface area contributed by atoms with E-state index in [-0.39, 0.29) is 11.8 Å². The quantitative estimate of drug-likeness (QED) is 0.770. The fourth-order valence-electron chi connectivity index (χ4n) is 2.77. The molecule has 0 saturated carbocycles. The lowest BCUT2D eigenvalue weighted by atomic mass is 10.1. The first-order valence-corrected chi connectivity index (χ1v) is 8.37. The van der Waals surface area contributed by atoms with E-state index >= 15 is 0 Å². The van der Waals surface area contributed by atoms with Gasteiger partial charge in [-0.2, -0.15) is 4.98 Å². The summed E-state index contributed by atoms with van der Waals surface area (Å²) in [5, 5.41) is 7.73. The van der Waals surface area contributed by atoms with E-state index < -0.39 is 9.84 Å². The first kappa shape index (κ1) is 13.2. The molecule has 0 saturated heterocycles. The van der Waals surface area contributed by atoms with Crippen molar-refractivity contribution >= 4 is 26.8 Å². The second-order valence-corrected chi connectivity index (χ2v) is 7.19. The SMILES string of the molecule is Cc1noc2ncnc(NC3CS(=O)(=O)c4ccccc43)c12. The van der Waals surface area contributed by atoms with Crippen molar-refractivity contribution in [1.29, 1.82) is 0 Å². The number of fused-ring (bicyclic) bond motifs is 2. The standard InChI is InChI=1S/C14H12N4O3S/c1-8-12-13(15-7-16-14(12)21-18-8)17-10-6-22(19,20)11-5-3-2-4-9(10)11/h2-5,7,10H,6H2,1H3,(H,15,16,17). The highest BCUT2D eigenvalue weighted by molar-refractivity contribution is 7.91. The normalized spacial score (nSPS) is 19.2. The molecule has 0 amide bonds. The molecule has 112 valence electrons. The summed E-state index contributed by atoms with van der Waals surface area (Å²) in [6.45, 7) is 1.79. The Morgan fingerprint density at radius 3 is 2.95 bits per heavy atom. The van der Waals surface area contributed by atoms with Crippen molar-refractivity contribution in [2.75, 3.05) is 11.1 Å². The average molecular weight is 316 g/mol. The van der Waals surface area contributed by atoms with Gasteiger partial charge in [-0.3, -0.25) is 0 Å². The lowest BCUT2D eigenvalue weighted by Crippen LogP contribution is -2.14. The summed E-state index contributed by atoms with van der Waals surface area (Å²) < 4.78 is 29.6. The minimum Gasteiger partial charge on any atom is -0.361 e. The molecule has 1 aromatic carbocycles. The zero-order valence-corrected chi connectivity index (χ0v) is 12.5.